The summed E-state index contributed by atoms with van der Waals surface area (Å²) < 4.78 is 2.05. The van der Waals surface area contributed by atoms with Crippen molar-refractivity contribution >= 4 is 27.7 Å². The molecule has 1 aliphatic rings. The lowest BCUT2D eigenvalue weighted by Gasteiger charge is -2.36. The SMILES string of the molecule is CNC/C(=C1/CCCN(c2c(C)cc(C)cc2C)C1=N)N(Br)Cc1ccc(C#N)cc1. The van der Waals surface area contributed by atoms with Crippen LogP contribution in [0.25, 0.3) is 0 Å². The highest BCUT2D eigenvalue weighted by molar-refractivity contribution is 9.07. The largest absolute Gasteiger partial charge is 0.326 e. The van der Waals surface area contributed by atoms with E-state index in [-0.39, 0.29) is 0 Å². The van der Waals surface area contributed by atoms with Crippen molar-refractivity contribution in [3.8, 4) is 6.07 Å². The molecule has 2 N–H and O–H groups in total. The lowest BCUT2D eigenvalue weighted by molar-refractivity contribution is 0.549. The molecule has 2 aromatic rings. The molecule has 1 heterocycles. The Morgan fingerprint density at radius 3 is 2.42 bits per heavy atom. The van der Waals surface area contributed by atoms with Crippen LogP contribution in [0.1, 0.15) is 40.7 Å². The predicted molar refractivity (Wildman–Crippen MR) is 132 cm³/mol. The summed E-state index contributed by atoms with van der Waals surface area (Å²) >= 11 is 3.75. The molecule has 0 bridgehead atoms. The van der Waals surface area contributed by atoms with Crippen molar-refractivity contribution in [3.63, 3.8) is 0 Å². The van der Waals surface area contributed by atoms with Gasteiger partial charge >= 0.3 is 0 Å². The van der Waals surface area contributed by atoms with Gasteiger partial charge in [0.1, 0.15) is 5.84 Å². The van der Waals surface area contributed by atoms with Crippen molar-refractivity contribution in [2.24, 2.45) is 0 Å². The highest BCUT2D eigenvalue weighted by atomic mass is 79.9. The van der Waals surface area contributed by atoms with Crippen molar-refractivity contribution in [1.29, 1.82) is 10.7 Å². The Bertz CT molecular complexity index is 1010. The summed E-state index contributed by atoms with van der Waals surface area (Å²) in [5, 5.41) is 21.4. The summed E-state index contributed by atoms with van der Waals surface area (Å²) in [7, 11) is 1.93. The van der Waals surface area contributed by atoms with E-state index in [9.17, 15) is 0 Å². The molecule has 1 fully saturated rings. The van der Waals surface area contributed by atoms with Gasteiger partial charge in [-0.05, 0) is 69.5 Å². The normalized spacial score (nSPS) is 15.6. The van der Waals surface area contributed by atoms with Gasteiger partial charge in [0.2, 0.25) is 0 Å². The van der Waals surface area contributed by atoms with Crippen LogP contribution in [0.2, 0.25) is 0 Å². The molecule has 6 heteroatoms. The first kappa shape index (κ1) is 23.1. The fraction of sp³-hybridized carbons (Fsp3) is 0.360. The third-order valence-corrected chi connectivity index (χ3v) is 6.34. The second-order valence-corrected chi connectivity index (χ2v) is 8.99. The van der Waals surface area contributed by atoms with Crippen LogP contribution in [0.3, 0.4) is 0 Å². The number of amidine groups is 1. The number of nitrogens with zero attached hydrogens (tertiary/aromatic N) is 3. The second-order valence-electron chi connectivity index (χ2n) is 8.14. The van der Waals surface area contributed by atoms with Gasteiger partial charge in [-0.25, -0.2) is 0 Å². The zero-order valence-electron chi connectivity index (χ0n) is 18.7. The molecule has 0 unspecified atom stereocenters. The Balaban J connectivity index is 1.93. The Labute approximate surface area is 194 Å². The van der Waals surface area contributed by atoms with E-state index >= 15 is 0 Å². The Hall–Kier alpha value is -2.62. The first-order valence-electron chi connectivity index (χ1n) is 10.6. The van der Waals surface area contributed by atoms with Gasteiger partial charge < -0.3 is 14.1 Å². The van der Waals surface area contributed by atoms with Crippen molar-refractivity contribution < 1.29 is 0 Å². The van der Waals surface area contributed by atoms with Crippen LogP contribution in [-0.4, -0.2) is 29.9 Å². The molecule has 1 saturated heterocycles. The molecular weight excluding hydrogens is 450 g/mol. The zero-order valence-corrected chi connectivity index (χ0v) is 20.3. The number of likely N-dealkylation sites (N-methyl/N-ethyl adjacent to an activating group) is 1. The van der Waals surface area contributed by atoms with Gasteiger partial charge in [-0.3, -0.25) is 5.41 Å². The van der Waals surface area contributed by atoms with Crippen LogP contribution in [-0.2, 0) is 6.54 Å². The fourth-order valence-corrected chi connectivity index (χ4v) is 4.99. The molecule has 162 valence electrons. The number of anilines is 1. The van der Waals surface area contributed by atoms with Gasteiger partial charge in [-0.2, -0.15) is 5.26 Å². The smallest absolute Gasteiger partial charge is 0.130 e. The summed E-state index contributed by atoms with van der Waals surface area (Å²) in [6, 6.07) is 14.2. The van der Waals surface area contributed by atoms with E-state index in [0.717, 1.165) is 41.9 Å². The molecule has 5 nitrogen and oxygen atoms in total. The van der Waals surface area contributed by atoms with Gasteiger partial charge in [0.25, 0.3) is 0 Å². The van der Waals surface area contributed by atoms with Crippen LogP contribution < -0.4 is 10.2 Å². The third-order valence-electron chi connectivity index (χ3n) is 5.66. The third kappa shape index (κ3) is 5.17. The first-order valence-corrected chi connectivity index (χ1v) is 11.3. The average Bonchev–Trinajstić information content (AvgIpc) is 2.73. The van der Waals surface area contributed by atoms with Crippen LogP contribution in [0.4, 0.5) is 5.69 Å². The highest BCUT2D eigenvalue weighted by Gasteiger charge is 2.27. The van der Waals surface area contributed by atoms with Crippen molar-refractivity contribution in [3.05, 3.63) is 75.5 Å². The van der Waals surface area contributed by atoms with Crippen molar-refractivity contribution in [1.82, 2.24) is 9.24 Å². The lowest BCUT2D eigenvalue weighted by atomic mass is 9.96. The minimum absolute atomic E-state index is 0.579. The van der Waals surface area contributed by atoms with E-state index < -0.39 is 0 Å². The van der Waals surface area contributed by atoms with E-state index in [4.69, 9.17) is 10.7 Å². The lowest BCUT2D eigenvalue weighted by Crippen LogP contribution is -2.40. The predicted octanol–water partition coefficient (Wildman–Crippen LogP) is 5.35. The Morgan fingerprint density at radius 2 is 1.84 bits per heavy atom. The summed E-state index contributed by atoms with van der Waals surface area (Å²) in [4.78, 5) is 2.17. The molecule has 0 saturated carbocycles. The number of hydrogen-bond acceptors (Lipinski definition) is 4. The molecule has 0 spiro atoms. The molecular formula is C25H30BrN5. The number of aryl methyl sites for hydroxylation is 3. The molecule has 0 amide bonds. The maximum atomic E-state index is 9.08. The molecule has 1 aliphatic heterocycles. The summed E-state index contributed by atoms with van der Waals surface area (Å²) in [6.07, 6.45) is 1.89. The molecule has 0 aromatic heterocycles. The number of nitriles is 1. The number of halogens is 1. The van der Waals surface area contributed by atoms with E-state index in [1.54, 1.807) is 0 Å². The molecule has 0 radical (unpaired) electrons. The summed E-state index contributed by atoms with van der Waals surface area (Å²) in [5.74, 6) is 0.579. The van der Waals surface area contributed by atoms with Gasteiger partial charge in [-0.1, -0.05) is 29.8 Å². The van der Waals surface area contributed by atoms with Crippen LogP contribution >= 0.6 is 16.1 Å². The minimum atomic E-state index is 0.579. The first-order chi connectivity index (χ1) is 14.8. The van der Waals surface area contributed by atoms with E-state index in [0.29, 0.717) is 24.5 Å². The van der Waals surface area contributed by atoms with Gasteiger partial charge in [-0.15, -0.1) is 0 Å². The molecule has 3 rings (SSSR count). The summed E-state index contributed by atoms with van der Waals surface area (Å²) in [5.41, 5.74) is 8.74. The van der Waals surface area contributed by atoms with Gasteiger partial charge in [0.05, 0.1) is 18.2 Å². The number of nitrogens with one attached hydrogen (secondary N) is 2. The van der Waals surface area contributed by atoms with Crippen LogP contribution in [0.15, 0.2) is 47.7 Å². The average molecular weight is 480 g/mol. The quantitative estimate of drug-likeness (QED) is 0.548. The van der Waals surface area contributed by atoms with Crippen molar-refractivity contribution in [2.75, 3.05) is 25.0 Å². The fourth-order valence-electron chi connectivity index (χ4n) is 4.36. The highest BCUT2D eigenvalue weighted by Crippen LogP contribution is 2.33. The topological polar surface area (TPSA) is 66.2 Å². The minimum Gasteiger partial charge on any atom is -0.326 e. The number of piperidine rings is 1. The number of hydrogen-bond donors (Lipinski definition) is 2. The maximum absolute atomic E-state index is 9.08. The van der Waals surface area contributed by atoms with E-state index in [1.165, 1.54) is 16.7 Å². The van der Waals surface area contributed by atoms with Crippen LogP contribution in [0.5, 0.6) is 0 Å². The Kier molecular flexibility index (Phi) is 7.53. The molecule has 31 heavy (non-hydrogen) atoms. The summed E-state index contributed by atoms with van der Waals surface area (Å²) in [6.45, 7) is 8.57. The Morgan fingerprint density at radius 1 is 1.19 bits per heavy atom. The van der Waals surface area contributed by atoms with Gasteiger partial charge in [0.15, 0.2) is 0 Å². The van der Waals surface area contributed by atoms with E-state index in [1.807, 2.05) is 35.2 Å². The maximum Gasteiger partial charge on any atom is 0.130 e. The van der Waals surface area contributed by atoms with Crippen LogP contribution in [0, 0.1) is 37.5 Å². The molecule has 2 aromatic carbocycles. The second kappa shape index (κ2) is 10.1. The number of rotatable bonds is 6. The number of benzene rings is 2. The monoisotopic (exact) mass is 479 g/mol. The van der Waals surface area contributed by atoms with Crippen molar-refractivity contribution in [2.45, 2.75) is 40.2 Å². The molecule has 0 aliphatic carbocycles. The zero-order chi connectivity index (χ0) is 22.5. The van der Waals surface area contributed by atoms with E-state index in [2.05, 4.69) is 65.3 Å². The molecule has 0 atom stereocenters. The standard InChI is InChI=1S/C25H30BrN5/c1-17-12-18(2)24(19(3)13-17)30-11-5-6-22(25(30)28)23(15-29-4)31(26)16-21-9-7-20(14-27)8-10-21/h7-10,12-13,28-29H,5-6,11,15-16H2,1-4H3/b23-22+,28-25?. The van der Waals surface area contributed by atoms with Gasteiger partial charge in [0, 0.05) is 46.2 Å².